The van der Waals surface area contributed by atoms with Crippen molar-refractivity contribution in [3.8, 4) is 0 Å². The van der Waals surface area contributed by atoms with Crippen molar-refractivity contribution in [2.24, 2.45) is 0 Å². The van der Waals surface area contributed by atoms with Crippen molar-refractivity contribution in [2.45, 2.75) is 116 Å². The van der Waals surface area contributed by atoms with Gasteiger partial charge in [0.2, 0.25) is 0 Å². The van der Waals surface area contributed by atoms with Gasteiger partial charge >= 0.3 is 20.6 Å². The van der Waals surface area contributed by atoms with Crippen molar-refractivity contribution in [2.75, 3.05) is 19.0 Å². The Kier molecular flexibility index (Phi) is 23.5. The molecule has 0 heterocycles. The van der Waals surface area contributed by atoms with Gasteiger partial charge in [-0.05, 0) is 25.0 Å². The quantitative estimate of drug-likeness (QED) is 0.0748. The monoisotopic (exact) mass is 478 g/mol. The van der Waals surface area contributed by atoms with Crippen LogP contribution in [0, 0.1) is 0 Å². The maximum atomic E-state index is 12.1. The molecule has 0 radical (unpaired) electrons. The van der Waals surface area contributed by atoms with Gasteiger partial charge in [-0.25, -0.2) is 4.57 Å². The minimum Gasteiger partial charge on any atom is -0.462 e. The van der Waals surface area contributed by atoms with Crippen LogP contribution in [-0.2, 0) is 28.2 Å². The number of thiol groups is 1. The zero-order valence-corrected chi connectivity index (χ0v) is 21.1. The predicted molar refractivity (Wildman–Crippen MR) is 128 cm³/mol. The number of carbonyl (C=O) groups is 2. The van der Waals surface area contributed by atoms with Gasteiger partial charge < -0.3 is 9.47 Å². The average molecular weight is 479 g/mol. The molecular weight excluding hydrogens is 435 g/mol. The molecule has 0 bridgehead atoms. The lowest BCUT2D eigenvalue weighted by Crippen LogP contribution is -2.28. The fraction of sp³-hybridized carbons (Fsp3) is 0.913. The number of hydrogen-bond acceptors (Lipinski definition) is 7. The molecule has 0 saturated heterocycles. The number of hydrogen-bond donors (Lipinski definition) is 1. The highest BCUT2D eigenvalue weighted by Crippen LogP contribution is 2.12. The topological polar surface area (TPSA) is 78.9 Å². The van der Waals surface area contributed by atoms with E-state index in [1.165, 1.54) is 38.5 Å². The maximum Gasteiger partial charge on any atom is 0.327 e. The largest absolute Gasteiger partial charge is 0.462 e. The summed E-state index contributed by atoms with van der Waals surface area (Å²) in [5.41, 5.74) is 0. The van der Waals surface area contributed by atoms with Crippen molar-refractivity contribution in [1.29, 1.82) is 0 Å². The maximum absolute atomic E-state index is 12.1. The first-order valence-electron chi connectivity index (χ1n) is 12.0. The first kappa shape index (κ1) is 30.4. The van der Waals surface area contributed by atoms with Gasteiger partial charge in [0, 0.05) is 12.8 Å². The SMILES string of the molecule is CCCCCCCCCCCC(=O)O[C@@H](COP=O)COC(=O)CCCCCCCS. The third kappa shape index (κ3) is 22.3. The number of ether oxygens (including phenoxy) is 2. The first-order chi connectivity index (χ1) is 15.1. The van der Waals surface area contributed by atoms with Crippen molar-refractivity contribution in [3.05, 3.63) is 0 Å². The highest BCUT2D eigenvalue weighted by molar-refractivity contribution is 7.80. The van der Waals surface area contributed by atoms with E-state index < -0.39 is 14.8 Å². The molecule has 0 fully saturated rings. The summed E-state index contributed by atoms with van der Waals surface area (Å²) in [5, 5.41) is 0. The second-order valence-corrected chi connectivity index (χ2v) is 8.84. The fourth-order valence-corrected chi connectivity index (χ4v) is 3.67. The predicted octanol–water partition coefficient (Wildman–Crippen LogP) is 6.86. The summed E-state index contributed by atoms with van der Waals surface area (Å²) in [4.78, 5) is 23.9. The lowest BCUT2D eigenvalue weighted by atomic mass is 10.1. The third-order valence-electron chi connectivity index (χ3n) is 5.06. The summed E-state index contributed by atoms with van der Waals surface area (Å²) >= 11 is 4.18. The summed E-state index contributed by atoms with van der Waals surface area (Å²) in [6.45, 7) is 2.08. The normalized spacial score (nSPS) is 12.1. The van der Waals surface area contributed by atoms with Crippen LogP contribution in [0.4, 0.5) is 0 Å². The first-order valence-corrected chi connectivity index (χ1v) is 13.4. The van der Waals surface area contributed by atoms with E-state index in [4.69, 9.17) is 14.0 Å². The number of carbonyl (C=O) groups excluding carboxylic acids is 2. The fourth-order valence-electron chi connectivity index (χ4n) is 3.22. The number of rotatable bonds is 23. The second kappa shape index (κ2) is 24.0. The van der Waals surface area contributed by atoms with Crippen LogP contribution in [0.25, 0.3) is 0 Å². The Bertz CT molecular complexity index is 450. The molecule has 0 N–H and O–H groups in total. The van der Waals surface area contributed by atoms with Crippen LogP contribution in [0.2, 0.25) is 0 Å². The Balaban J connectivity index is 3.90. The summed E-state index contributed by atoms with van der Waals surface area (Å²) in [6, 6.07) is 0. The van der Waals surface area contributed by atoms with Gasteiger partial charge in [0.25, 0.3) is 0 Å². The Morgan fingerprint density at radius 1 is 0.742 bits per heavy atom. The van der Waals surface area contributed by atoms with Crippen LogP contribution in [0.5, 0.6) is 0 Å². The van der Waals surface area contributed by atoms with Crippen LogP contribution < -0.4 is 0 Å². The van der Waals surface area contributed by atoms with Gasteiger partial charge in [-0.2, -0.15) is 12.6 Å². The molecule has 31 heavy (non-hydrogen) atoms. The van der Waals surface area contributed by atoms with E-state index in [-0.39, 0.29) is 25.2 Å². The standard InChI is InChI=1S/C23H43O6PS/c1-2-3-4-5-6-7-8-10-14-17-23(25)29-21(20-28-30-26)19-27-22(24)16-13-11-9-12-15-18-31/h21,31H,2-20H2,1H3/t21-/m1/s1. The molecule has 1 atom stereocenters. The molecular formula is C23H43O6PS. The molecule has 0 unspecified atom stereocenters. The van der Waals surface area contributed by atoms with Crippen molar-refractivity contribution in [1.82, 2.24) is 0 Å². The number of esters is 2. The Hall–Kier alpha value is -0.650. The molecule has 0 aromatic carbocycles. The van der Waals surface area contributed by atoms with E-state index >= 15 is 0 Å². The van der Waals surface area contributed by atoms with Crippen LogP contribution in [0.1, 0.15) is 110 Å². The zero-order chi connectivity index (χ0) is 23.0. The van der Waals surface area contributed by atoms with Gasteiger partial charge in [0.1, 0.15) is 13.2 Å². The van der Waals surface area contributed by atoms with Crippen molar-refractivity contribution >= 4 is 33.3 Å². The Morgan fingerprint density at radius 2 is 1.26 bits per heavy atom. The smallest absolute Gasteiger partial charge is 0.327 e. The molecule has 182 valence electrons. The van der Waals surface area contributed by atoms with Crippen LogP contribution in [-0.4, -0.2) is 37.0 Å². The molecule has 0 aliphatic heterocycles. The molecule has 0 saturated carbocycles. The molecule has 0 amide bonds. The van der Waals surface area contributed by atoms with E-state index in [0.29, 0.717) is 12.8 Å². The highest BCUT2D eigenvalue weighted by Gasteiger charge is 2.17. The Labute approximate surface area is 196 Å². The molecule has 0 aromatic rings. The van der Waals surface area contributed by atoms with Crippen molar-refractivity contribution in [3.63, 3.8) is 0 Å². The van der Waals surface area contributed by atoms with E-state index in [9.17, 15) is 14.2 Å². The molecule has 8 heteroatoms. The summed E-state index contributed by atoms with van der Waals surface area (Å²) < 4.78 is 25.9. The van der Waals surface area contributed by atoms with Crippen molar-refractivity contribution < 1.29 is 28.2 Å². The minimum atomic E-state index is -0.730. The van der Waals surface area contributed by atoms with Crippen LogP contribution in [0.15, 0.2) is 0 Å². The molecule has 0 aromatic heterocycles. The molecule has 0 aliphatic carbocycles. The third-order valence-corrected chi connectivity index (χ3v) is 5.64. The highest BCUT2D eigenvalue weighted by atomic mass is 32.1. The molecule has 6 nitrogen and oxygen atoms in total. The number of unbranched alkanes of at least 4 members (excludes halogenated alkanes) is 12. The van der Waals surface area contributed by atoms with E-state index in [0.717, 1.165) is 57.1 Å². The van der Waals surface area contributed by atoms with Crippen LogP contribution >= 0.6 is 21.3 Å². The van der Waals surface area contributed by atoms with Gasteiger partial charge in [-0.1, -0.05) is 77.6 Å². The van der Waals surface area contributed by atoms with Gasteiger partial charge in [0.15, 0.2) is 6.10 Å². The summed E-state index contributed by atoms with van der Waals surface area (Å²) in [7, 11) is -0.490. The van der Waals surface area contributed by atoms with Gasteiger partial charge in [0.05, 0.1) is 0 Å². The molecule has 0 aliphatic rings. The van der Waals surface area contributed by atoms with Gasteiger partial charge in [-0.3, -0.25) is 14.1 Å². The second-order valence-electron chi connectivity index (χ2n) is 7.98. The minimum absolute atomic E-state index is 0.0639. The molecule has 0 rings (SSSR count). The van der Waals surface area contributed by atoms with E-state index in [1.807, 2.05) is 0 Å². The average Bonchev–Trinajstić information content (AvgIpc) is 2.76. The van der Waals surface area contributed by atoms with Gasteiger partial charge in [-0.15, -0.1) is 0 Å². The molecule has 0 spiro atoms. The summed E-state index contributed by atoms with van der Waals surface area (Å²) in [6.07, 6.45) is 15.6. The van der Waals surface area contributed by atoms with Crippen LogP contribution in [0.3, 0.4) is 0 Å². The summed E-state index contributed by atoms with van der Waals surface area (Å²) in [5.74, 6) is 0.250. The lowest BCUT2D eigenvalue weighted by molar-refractivity contribution is -0.160. The zero-order valence-electron chi connectivity index (χ0n) is 19.4. The Morgan fingerprint density at radius 3 is 1.81 bits per heavy atom. The van der Waals surface area contributed by atoms with E-state index in [2.05, 4.69) is 19.6 Å². The lowest BCUT2D eigenvalue weighted by Gasteiger charge is -2.16. The van der Waals surface area contributed by atoms with E-state index in [1.54, 1.807) is 0 Å².